The second kappa shape index (κ2) is 11.4. The molecule has 0 heterocycles. The van der Waals surface area contributed by atoms with Crippen LogP contribution in [0.3, 0.4) is 0 Å². The number of amides is 3. The Hall–Kier alpha value is -2.16. The van der Waals surface area contributed by atoms with Gasteiger partial charge in [-0.25, -0.2) is 0 Å². The van der Waals surface area contributed by atoms with Crippen LogP contribution in [0.25, 0.3) is 0 Å². The van der Waals surface area contributed by atoms with E-state index < -0.39 is 29.9 Å². The molecular formula is C14H26N4O5. The van der Waals surface area contributed by atoms with Gasteiger partial charge in [-0.2, -0.15) is 0 Å². The number of carbonyl (C=O) groups is 4. The summed E-state index contributed by atoms with van der Waals surface area (Å²) < 4.78 is 6.88. The van der Waals surface area contributed by atoms with Gasteiger partial charge in [0.1, 0.15) is 7.45 Å². The topological polar surface area (TPSA) is 165 Å². The Bertz CT molecular complexity index is 447. The minimum absolute atomic E-state index is 0.0195. The number of rotatable bonds is 13. The molecule has 0 aromatic rings. The van der Waals surface area contributed by atoms with Crippen molar-refractivity contribution in [1.82, 2.24) is 10.6 Å². The first-order valence-electron chi connectivity index (χ1n) is 8.03. The lowest BCUT2D eigenvalue weighted by Crippen LogP contribution is -2.49. The molecule has 0 aliphatic heterocycles. The molecule has 0 aliphatic rings. The van der Waals surface area contributed by atoms with Gasteiger partial charge in [-0.1, -0.05) is 6.42 Å². The molecule has 0 aromatic carbocycles. The van der Waals surface area contributed by atoms with Crippen LogP contribution in [0.1, 0.15) is 45.4 Å². The fraction of sp³-hybridized carbons (Fsp3) is 0.714. The number of primary amides is 1. The summed E-state index contributed by atoms with van der Waals surface area (Å²) >= 11 is 0. The Morgan fingerprint density at radius 3 is 2.43 bits per heavy atom. The van der Waals surface area contributed by atoms with E-state index in [9.17, 15) is 19.2 Å². The van der Waals surface area contributed by atoms with Crippen molar-refractivity contribution < 1.29 is 25.7 Å². The van der Waals surface area contributed by atoms with Crippen LogP contribution in [0.2, 0.25) is 1.41 Å². The number of hydrogen-bond acceptors (Lipinski definition) is 5. The van der Waals surface area contributed by atoms with Crippen molar-refractivity contribution in [3.05, 3.63) is 0 Å². The lowest BCUT2D eigenvalue weighted by Gasteiger charge is -2.16. The molecule has 132 valence electrons. The molecule has 0 saturated heterocycles. The van der Waals surface area contributed by atoms with Crippen LogP contribution in [-0.4, -0.2) is 47.4 Å². The van der Waals surface area contributed by atoms with Gasteiger partial charge in [0.15, 0.2) is 0 Å². The molecule has 9 nitrogen and oxygen atoms in total. The quantitative estimate of drug-likeness (QED) is 0.267. The summed E-state index contributed by atoms with van der Waals surface area (Å²) in [6.45, 7) is 1.88. The van der Waals surface area contributed by atoms with Crippen molar-refractivity contribution in [2.24, 2.45) is 11.5 Å². The third-order valence-electron chi connectivity index (χ3n) is 3.10. The zero-order valence-electron chi connectivity index (χ0n) is 14.3. The zero-order chi connectivity index (χ0) is 18.5. The lowest BCUT2D eigenvalue weighted by molar-refractivity contribution is -0.137. The maximum atomic E-state index is 11.7. The number of aliphatic carboxylic acids is 1. The number of carboxylic acids is 1. The highest BCUT2D eigenvalue weighted by Gasteiger charge is 2.20. The predicted octanol–water partition coefficient (Wildman–Crippen LogP) is -1.15. The molecule has 7 N–H and O–H groups in total. The summed E-state index contributed by atoms with van der Waals surface area (Å²) in [6, 6.07) is -1.78. The second-order valence-corrected chi connectivity index (χ2v) is 5.28. The van der Waals surface area contributed by atoms with E-state index in [1.165, 1.54) is 6.92 Å². The first-order chi connectivity index (χ1) is 11.3. The van der Waals surface area contributed by atoms with E-state index in [0.717, 1.165) is 0 Å². The largest absolute Gasteiger partial charge is 0.481 e. The molecule has 0 unspecified atom stereocenters. The van der Waals surface area contributed by atoms with Gasteiger partial charge in [-0.15, -0.1) is 0 Å². The van der Waals surface area contributed by atoms with Crippen molar-refractivity contribution in [2.75, 3.05) is 6.54 Å². The fourth-order valence-corrected chi connectivity index (χ4v) is 1.75. The van der Waals surface area contributed by atoms with Crippen molar-refractivity contribution in [3.63, 3.8) is 0 Å². The Kier molecular flexibility index (Phi) is 9.37. The third-order valence-corrected chi connectivity index (χ3v) is 3.10. The maximum absolute atomic E-state index is 11.7. The number of carbonyl (C=O) groups excluding carboxylic acids is 3. The van der Waals surface area contributed by atoms with Crippen LogP contribution in [-0.2, 0) is 19.2 Å². The molecule has 0 aromatic heterocycles. The smallest absolute Gasteiger partial charge is 0.303 e. The molecule has 23 heavy (non-hydrogen) atoms. The molecule has 0 saturated carbocycles. The first kappa shape index (κ1) is 18.9. The SMILES string of the molecule is [2H]N[C@@H](C)C(=O)N[C@@H](CCC(=O)NCCCCCC(=O)O)C(N)=O. The van der Waals surface area contributed by atoms with Gasteiger partial charge in [0, 0.05) is 19.4 Å². The van der Waals surface area contributed by atoms with Crippen molar-refractivity contribution in [2.45, 2.75) is 57.5 Å². The molecular weight excluding hydrogens is 304 g/mol. The van der Waals surface area contributed by atoms with Gasteiger partial charge in [0.05, 0.1) is 6.04 Å². The van der Waals surface area contributed by atoms with E-state index in [1.54, 1.807) is 0 Å². The van der Waals surface area contributed by atoms with Crippen LogP contribution >= 0.6 is 0 Å². The first-order valence-corrected chi connectivity index (χ1v) is 7.53. The maximum Gasteiger partial charge on any atom is 0.303 e. The summed E-state index contributed by atoms with van der Waals surface area (Å²) in [6.07, 6.45) is 2.12. The summed E-state index contributed by atoms with van der Waals surface area (Å²) in [5.74, 6) is -2.41. The fourth-order valence-electron chi connectivity index (χ4n) is 1.75. The Morgan fingerprint density at radius 2 is 1.87 bits per heavy atom. The van der Waals surface area contributed by atoms with Crippen LogP contribution in [0.5, 0.6) is 0 Å². The third kappa shape index (κ3) is 11.1. The number of unbranched alkanes of at least 4 members (excludes halogenated alkanes) is 2. The Labute approximate surface area is 136 Å². The molecule has 0 bridgehead atoms. The van der Waals surface area contributed by atoms with Crippen molar-refractivity contribution in [1.29, 1.82) is 0 Å². The highest BCUT2D eigenvalue weighted by atomic mass is 16.4. The number of hydrogen-bond donors (Lipinski definition) is 5. The number of nitrogens with two attached hydrogens (primary N) is 2. The highest BCUT2D eigenvalue weighted by molar-refractivity contribution is 5.89. The summed E-state index contributed by atoms with van der Waals surface area (Å²) in [5.41, 5.74) is 7.19. The van der Waals surface area contributed by atoms with Crippen molar-refractivity contribution >= 4 is 23.7 Å². The van der Waals surface area contributed by atoms with Gasteiger partial charge in [-0.05, 0) is 26.2 Å². The van der Waals surface area contributed by atoms with E-state index >= 15 is 0 Å². The van der Waals surface area contributed by atoms with Gasteiger partial charge < -0.3 is 27.2 Å². The molecule has 0 aliphatic carbocycles. The highest BCUT2D eigenvalue weighted by Crippen LogP contribution is 2.00. The van der Waals surface area contributed by atoms with Gasteiger partial charge in [0.2, 0.25) is 17.7 Å². The minimum atomic E-state index is -0.977. The van der Waals surface area contributed by atoms with Crippen molar-refractivity contribution in [3.8, 4) is 0 Å². The Morgan fingerprint density at radius 1 is 1.17 bits per heavy atom. The second-order valence-electron chi connectivity index (χ2n) is 5.28. The zero-order valence-corrected chi connectivity index (χ0v) is 13.3. The average Bonchev–Trinajstić information content (AvgIpc) is 2.52. The van der Waals surface area contributed by atoms with E-state index in [0.29, 0.717) is 25.8 Å². The molecule has 0 rings (SSSR count). The summed E-state index contributed by atoms with van der Waals surface area (Å²) in [5, 5.41) is 13.5. The van der Waals surface area contributed by atoms with Gasteiger partial charge in [0.25, 0.3) is 0 Å². The predicted molar refractivity (Wildman–Crippen MR) is 83.1 cm³/mol. The normalized spacial score (nSPS) is 13.5. The van der Waals surface area contributed by atoms with Gasteiger partial charge in [-0.3, -0.25) is 19.2 Å². The van der Waals surface area contributed by atoms with E-state index in [4.69, 9.17) is 12.3 Å². The van der Waals surface area contributed by atoms with Crippen LogP contribution < -0.4 is 22.1 Å². The van der Waals surface area contributed by atoms with Gasteiger partial charge >= 0.3 is 5.97 Å². The van der Waals surface area contributed by atoms with E-state index in [2.05, 4.69) is 10.6 Å². The number of nitrogens with one attached hydrogen (secondary N) is 2. The van der Waals surface area contributed by atoms with E-state index in [-0.39, 0.29) is 25.2 Å². The van der Waals surface area contributed by atoms with Crippen LogP contribution in [0.15, 0.2) is 0 Å². The van der Waals surface area contributed by atoms with E-state index in [1.807, 2.05) is 5.73 Å². The molecule has 2 atom stereocenters. The number of carboxylic acid groups (broad SMARTS) is 1. The van der Waals surface area contributed by atoms with Crippen LogP contribution in [0.4, 0.5) is 0 Å². The standard InChI is InChI=1S/C14H26N4O5/c1-9(15)14(23)18-10(13(16)22)6-7-11(19)17-8-4-2-3-5-12(20)21/h9-10H,2-8,15H2,1H3,(H2,16,22)(H,17,19)(H,18,23)(H,20,21)/t9-,10-/m0/s1/i/hD. The minimum Gasteiger partial charge on any atom is -0.481 e. The summed E-state index contributed by atoms with van der Waals surface area (Å²) in [7, 11) is 0. The molecule has 0 radical (unpaired) electrons. The Balaban J connectivity index is 4.00. The molecule has 9 heteroatoms. The lowest BCUT2D eigenvalue weighted by atomic mass is 10.1. The average molecular weight is 331 g/mol. The van der Waals surface area contributed by atoms with Crippen LogP contribution in [0, 0.1) is 0 Å². The summed E-state index contributed by atoms with van der Waals surface area (Å²) in [4.78, 5) is 44.9. The monoisotopic (exact) mass is 331 g/mol. The molecule has 3 amide bonds. The molecule has 0 spiro atoms. The molecule has 0 fully saturated rings.